The van der Waals surface area contributed by atoms with Gasteiger partial charge in [-0.25, -0.2) is 0 Å². The van der Waals surface area contributed by atoms with Crippen LogP contribution in [0.4, 0.5) is 0 Å². The summed E-state index contributed by atoms with van der Waals surface area (Å²) < 4.78 is 5.50. The van der Waals surface area contributed by atoms with E-state index in [0.717, 1.165) is 23.8 Å². The van der Waals surface area contributed by atoms with Gasteiger partial charge in [0, 0.05) is 12.1 Å². The predicted octanol–water partition coefficient (Wildman–Crippen LogP) is 2.36. The van der Waals surface area contributed by atoms with E-state index < -0.39 is 0 Å². The lowest BCUT2D eigenvalue weighted by Gasteiger charge is -2.18. The molecule has 0 bridgehead atoms. The molecule has 0 radical (unpaired) electrons. The number of nitrogens with zero attached hydrogens (tertiary/aromatic N) is 1. The Morgan fingerprint density at radius 1 is 1.44 bits per heavy atom. The minimum absolute atomic E-state index is 0.570. The van der Waals surface area contributed by atoms with Crippen molar-refractivity contribution < 1.29 is 4.42 Å². The number of hydrogen-bond donors (Lipinski definition) is 1. The smallest absolute Gasteiger partial charge is 0.118 e. The molecule has 1 aliphatic heterocycles. The topological polar surface area (TPSA) is 42.4 Å². The molecule has 2 N–H and O–H groups in total. The fraction of sp³-hybridized carbons (Fsp3) is 0.692. The molecule has 0 amide bonds. The second kappa shape index (κ2) is 5.51. The quantitative estimate of drug-likeness (QED) is 0.853. The molecule has 0 aliphatic carbocycles. The molecule has 1 aromatic heterocycles. The van der Waals surface area contributed by atoms with E-state index >= 15 is 0 Å². The number of furan rings is 1. The first-order valence-electron chi connectivity index (χ1n) is 6.26. The van der Waals surface area contributed by atoms with Gasteiger partial charge in [0.05, 0.1) is 12.8 Å². The van der Waals surface area contributed by atoms with Gasteiger partial charge in [-0.2, -0.15) is 0 Å². The Labute approximate surface area is 97.6 Å². The highest BCUT2D eigenvalue weighted by Gasteiger charge is 2.14. The Hall–Kier alpha value is -0.800. The Bertz CT molecular complexity index is 321. The molecule has 0 saturated carbocycles. The van der Waals surface area contributed by atoms with Crippen LogP contribution >= 0.6 is 0 Å². The van der Waals surface area contributed by atoms with Crippen LogP contribution in [0, 0.1) is 5.92 Å². The summed E-state index contributed by atoms with van der Waals surface area (Å²) in [6, 6.07) is 2.08. The van der Waals surface area contributed by atoms with E-state index in [2.05, 4.69) is 17.9 Å². The van der Waals surface area contributed by atoms with Crippen LogP contribution in [0.5, 0.6) is 0 Å². The van der Waals surface area contributed by atoms with E-state index in [0.29, 0.717) is 6.54 Å². The van der Waals surface area contributed by atoms with Crippen molar-refractivity contribution in [3.63, 3.8) is 0 Å². The molecule has 2 rings (SSSR count). The zero-order valence-corrected chi connectivity index (χ0v) is 10.1. The zero-order chi connectivity index (χ0) is 11.4. The molecular formula is C13H22N2O. The van der Waals surface area contributed by atoms with Gasteiger partial charge in [0.25, 0.3) is 0 Å². The normalized spacial score (nSPS) is 23.2. The maximum Gasteiger partial charge on any atom is 0.118 e. The van der Waals surface area contributed by atoms with E-state index in [-0.39, 0.29) is 0 Å². The zero-order valence-electron chi connectivity index (χ0n) is 10.1. The van der Waals surface area contributed by atoms with Crippen molar-refractivity contribution in [1.29, 1.82) is 0 Å². The molecule has 1 unspecified atom stereocenters. The minimum Gasteiger partial charge on any atom is -0.468 e. The van der Waals surface area contributed by atoms with E-state index in [4.69, 9.17) is 10.2 Å². The molecule has 16 heavy (non-hydrogen) atoms. The van der Waals surface area contributed by atoms with Gasteiger partial charge in [-0.05, 0) is 44.3 Å². The summed E-state index contributed by atoms with van der Waals surface area (Å²) in [5, 5.41) is 0. The van der Waals surface area contributed by atoms with Crippen LogP contribution < -0.4 is 5.73 Å². The molecular weight excluding hydrogens is 200 g/mol. The summed E-state index contributed by atoms with van der Waals surface area (Å²) >= 11 is 0. The molecule has 0 aromatic carbocycles. The van der Waals surface area contributed by atoms with Gasteiger partial charge in [0.2, 0.25) is 0 Å². The second-order valence-electron chi connectivity index (χ2n) is 4.94. The molecule has 2 heterocycles. The summed E-state index contributed by atoms with van der Waals surface area (Å²) in [6.07, 6.45) is 5.76. The summed E-state index contributed by atoms with van der Waals surface area (Å²) in [7, 11) is 0. The Kier molecular flexibility index (Phi) is 4.02. The molecule has 1 aromatic rings. The van der Waals surface area contributed by atoms with Crippen LogP contribution in [0.2, 0.25) is 0 Å². The summed E-state index contributed by atoms with van der Waals surface area (Å²) in [4.78, 5) is 2.49. The molecule has 1 fully saturated rings. The lowest BCUT2D eigenvalue weighted by molar-refractivity contribution is 0.250. The third kappa shape index (κ3) is 3.09. The first kappa shape index (κ1) is 11.7. The third-order valence-electron chi connectivity index (χ3n) is 3.43. The SMILES string of the molecule is CC1CCCN(Cc2cc(CN)co2)CC1. The Morgan fingerprint density at radius 3 is 3.06 bits per heavy atom. The van der Waals surface area contributed by atoms with Crippen molar-refractivity contribution in [3.05, 3.63) is 23.7 Å². The van der Waals surface area contributed by atoms with Gasteiger partial charge in [0.1, 0.15) is 5.76 Å². The number of hydrogen-bond acceptors (Lipinski definition) is 3. The van der Waals surface area contributed by atoms with Gasteiger partial charge in [-0.1, -0.05) is 6.92 Å². The van der Waals surface area contributed by atoms with Crippen molar-refractivity contribution in [2.75, 3.05) is 13.1 Å². The summed E-state index contributed by atoms with van der Waals surface area (Å²) in [5.41, 5.74) is 6.66. The summed E-state index contributed by atoms with van der Waals surface area (Å²) in [6.45, 7) is 6.25. The molecule has 1 aliphatic rings. The highest BCUT2D eigenvalue weighted by Crippen LogP contribution is 2.18. The molecule has 90 valence electrons. The van der Waals surface area contributed by atoms with Crippen molar-refractivity contribution in [2.45, 2.75) is 39.3 Å². The highest BCUT2D eigenvalue weighted by atomic mass is 16.3. The maximum atomic E-state index is 5.57. The lowest BCUT2D eigenvalue weighted by atomic mass is 10.0. The summed E-state index contributed by atoms with van der Waals surface area (Å²) in [5.74, 6) is 1.93. The fourth-order valence-electron chi connectivity index (χ4n) is 2.32. The van der Waals surface area contributed by atoms with Crippen LogP contribution in [0.25, 0.3) is 0 Å². The number of nitrogens with two attached hydrogens (primary N) is 1. The van der Waals surface area contributed by atoms with E-state index in [1.165, 1.54) is 32.4 Å². The molecule has 1 atom stereocenters. The van der Waals surface area contributed by atoms with Crippen molar-refractivity contribution >= 4 is 0 Å². The van der Waals surface area contributed by atoms with E-state index in [1.807, 2.05) is 0 Å². The van der Waals surface area contributed by atoms with Gasteiger partial charge in [-0.15, -0.1) is 0 Å². The maximum absolute atomic E-state index is 5.57. The second-order valence-corrected chi connectivity index (χ2v) is 4.94. The predicted molar refractivity (Wildman–Crippen MR) is 64.9 cm³/mol. The van der Waals surface area contributed by atoms with Gasteiger partial charge >= 0.3 is 0 Å². The van der Waals surface area contributed by atoms with Crippen molar-refractivity contribution in [3.8, 4) is 0 Å². The monoisotopic (exact) mass is 222 g/mol. The molecule has 0 spiro atoms. The van der Waals surface area contributed by atoms with E-state index in [1.54, 1.807) is 6.26 Å². The van der Waals surface area contributed by atoms with Crippen LogP contribution in [0.15, 0.2) is 16.7 Å². The number of rotatable bonds is 3. The van der Waals surface area contributed by atoms with Gasteiger partial charge in [0.15, 0.2) is 0 Å². The average molecular weight is 222 g/mol. The largest absolute Gasteiger partial charge is 0.468 e. The minimum atomic E-state index is 0.570. The van der Waals surface area contributed by atoms with Crippen LogP contribution in [0.3, 0.4) is 0 Å². The van der Waals surface area contributed by atoms with E-state index in [9.17, 15) is 0 Å². The Balaban J connectivity index is 1.88. The lowest BCUT2D eigenvalue weighted by Crippen LogP contribution is -2.23. The first-order chi connectivity index (χ1) is 7.78. The van der Waals surface area contributed by atoms with Crippen LogP contribution in [0.1, 0.15) is 37.5 Å². The standard InChI is InChI=1S/C13H22N2O/c1-11-3-2-5-15(6-4-11)9-13-7-12(8-14)10-16-13/h7,10-11H,2-6,8-9,14H2,1H3. The van der Waals surface area contributed by atoms with Crippen LogP contribution in [-0.2, 0) is 13.1 Å². The fourth-order valence-corrected chi connectivity index (χ4v) is 2.32. The first-order valence-corrected chi connectivity index (χ1v) is 6.26. The number of likely N-dealkylation sites (tertiary alicyclic amines) is 1. The van der Waals surface area contributed by atoms with Crippen molar-refractivity contribution in [1.82, 2.24) is 4.90 Å². The molecule has 1 saturated heterocycles. The van der Waals surface area contributed by atoms with Crippen molar-refractivity contribution in [2.24, 2.45) is 11.7 Å². The third-order valence-corrected chi connectivity index (χ3v) is 3.43. The van der Waals surface area contributed by atoms with Crippen LogP contribution in [-0.4, -0.2) is 18.0 Å². The average Bonchev–Trinajstić information content (AvgIpc) is 2.63. The Morgan fingerprint density at radius 2 is 2.31 bits per heavy atom. The van der Waals surface area contributed by atoms with Gasteiger partial charge < -0.3 is 10.2 Å². The van der Waals surface area contributed by atoms with Gasteiger partial charge in [-0.3, -0.25) is 4.90 Å². The molecule has 3 heteroatoms. The highest BCUT2D eigenvalue weighted by molar-refractivity contribution is 5.12. The molecule has 3 nitrogen and oxygen atoms in total.